The van der Waals surface area contributed by atoms with Gasteiger partial charge < -0.3 is 18.9 Å². The third-order valence-electron chi connectivity index (χ3n) is 7.07. The van der Waals surface area contributed by atoms with Crippen molar-refractivity contribution in [2.75, 3.05) is 34.0 Å². The SMILES string of the molecule is COc1ccccc1[C@@]1(OC)COCC2(C1)OC[C@H](c1ccc(F)cc1)N2Cc1ccccc1. The quantitative estimate of drug-likeness (QED) is 0.511. The molecule has 5 nitrogen and oxygen atoms in total. The Balaban J connectivity index is 1.55. The molecule has 0 N–H and O–H groups in total. The molecule has 3 atom stereocenters. The van der Waals surface area contributed by atoms with E-state index >= 15 is 0 Å². The van der Waals surface area contributed by atoms with Crippen LogP contribution in [0.5, 0.6) is 5.75 Å². The van der Waals surface area contributed by atoms with Crippen LogP contribution in [0.4, 0.5) is 4.39 Å². The summed E-state index contributed by atoms with van der Waals surface area (Å²) in [6.07, 6.45) is 0.571. The molecule has 6 heteroatoms. The summed E-state index contributed by atoms with van der Waals surface area (Å²) < 4.78 is 38.4. The number of benzene rings is 3. The maximum absolute atomic E-state index is 13.7. The van der Waals surface area contributed by atoms with Gasteiger partial charge in [-0.25, -0.2) is 4.39 Å². The van der Waals surface area contributed by atoms with E-state index in [-0.39, 0.29) is 11.9 Å². The highest BCUT2D eigenvalue weighted by molar-refractivity contribution is 5.39. The van der Waals surface area contributed by atoms with Crippen LogP contribution in [0.1, 0.15) is 29.2 Å². The van der Waals surface area contributed by atoms with Crippen molar-refractivity contribution in [1.29, 1.82) is 0 Å². The smallest absolute Gasteiger partial charge is 0.149 e. The fourth-order valence-corrected chi connectivity index (χ4v) is 5.32. The molecule has 178 valence electrons. The minimum atomic E-state index is -0.739. The molecular formula is C28H30FNO4. The van der Waals surface area contributed by atoms with E-state index in [2.05, 4.69) is 17.0 Å². The minimum Gasteiger partial charge on any atom is -0.496 e. The molecule has 2 aliphatic heterocycles. The van der Waals surface area contributed by atoms with Gasteiger partial charge >= 0.3 is 0 Å². The average Bonchev–Trinajstić information content (AvgIpc) is 3.21. The molecule has 0 bridgehead atoms. The summed E-state index contributed by atoms with van der Waals surface area (Å²) in [6.45, 7) is 1.96. The topological polar surface area (TPSA) is 40.2 Å². The third-order valence-corrected chi connectivity index (χ3v) is 7.07. The van der Waals surface area contributed by atoms with Crippen LogP contribution in [0.25, 0.3) is 0 Å². The number of rotatable bonds is 6. The predicted molar refractivity (Wildman–Crippen MR) is 127 cm³/mol. The Kier molecular flexibility index (Phi) is 6.40. The second kappa shape index (κ2) is 9.47. The zero-order valence-electron chi connectivity index (χ0n) is 19.6. The van der Waals surface area contributed by atoms with Gasteiger partial charge in [-0.05, 0) is 29.3 Å². The van der Waals surface area contributed by atoms with Gasteiger partial charge in [-0.3, -0.25) is 4.90 Å². The molecule has 2 saturated heterocycles. The molecule has 2 heterocycles. The summed E-state index contributed by atoms with van der Waals surface area (Å²) in [7, 11) is 3.38. The monoisotopic (exact) mass is 463 g/mol. The van der Waals surface area contributed by atoms with Crippen LogP contribution >= 0.6 is 0 Å². The van der Waals surface area contributed by atoms with Gasteiger partial charge in [-0.1, -0.05) is 60.7 Å². The number of ether oxygens (including phenoxy) is 4. The molecule has 3 aromatic carbocycles. The van der Waals surface area contributed by atoms with Crippen molar-refractivity contribution in [2.24, 2.45) is 0 Å². The lowest BCUT2D eigenvalue weighted by Crippen LogP contribution is -2.58. The number of para-hydroxylation sites is 1. The molecule has 34 heavy (non-hydrogen) atoms. The molecule has 0 radical (unpaired) electrons. The van der Waals surface area contributed by atoms with Crippen LogP contribution in [0.2, 0.25) is 0 Å². The van der Waals surface area contributed by atoms with E-state index in [1.807, 2.05) is 54.6 Å². The average molecular weight is 464 g/mol. The van der Waals surface area contributed by atoms with E-state index in [1.165, 1.54) is 17.7 Å². The second-order valence-electron chi connectivity index (χ2n) is 9.01. The number of hydrogen-bond acceptors (Lipinski definition) is 5. The van der Waals surface area contributed by atoms with Crippen LogP contribution in [0, 0.1) is 5.82 Å². The zero-order valence-corrected chi connectivity index (χ0v) is 19.6. The number of halogens is 1. The van der Waals surface area contributed by atoms with Crippen LogP contribution in [0.3, 0.4) is 0 Å². The van der Waals surface area contributed by atoms with Gasteiger partial charge in [0, 0.05) is 25.6 Å². The third kappa shape index (κ3) is 4.12. The summed E-state index contributed by atoms with van der Waals surface area (Å²) >= 11 is 0. The molecule has 0 aliphatic carbocycles. The second-order valence-corrected chi connectivity index (χ2v) is 9.01. The van der Waals surface area contributed by atoms with Gasteiger partial charge in [-0.15, -0.1) is 0 Å². The van der Waals surface area contributed by atoms with Crippen LogP contribution in [-0.2, 0) is 26.4 Å². The molecular weight excluding hydrogens is 433 g/mol. The van der Waals surface area contributed by atoms with E-state index in [0.29, 0.717) is 32.8 Å². The molecule has 0 aromatic heterocycles. The fraction of sp³-hybridized carbons (Fsp3) is 0.357. The Morgan fingerprint density at radius 1 is 0.941 bits per heavy atom. The Bertz CT molecular complexity index is 1110. The molecule has 0 saturated carbocycles. The normalized spacial score (nSPS) is 27.2. The van der Waals surface area contributed by atoms with Crippen molar-refractivity contribution >= 4 is 0 Å². The lowest BCUT2D eigenvalue weighted by molar-refractivity contribution is -0.239. The molecule has 2 fully saturated rings. The highest BCUT2D eigenvalue weighted by atomic mass is 19.1. The van der Waals surface area contributed by atoms with E-state index in [0.717, 1.165) is 16.9 Å². The molecule has 5 rings (SSSR count). The van der Waals surface area contributed by atoms with Crippen molar-refractivity contribution in [3.8, 4) is 5.75 Å². The highest BCUT2D eigenvalue weighted by Gasteiger charge is 2.56. The molecule has 1 unspecified atom stereocenters. The largest absolute Gasteiger partial charge is 0.496 e. The van der Waals surface area contributed by atoms with Gasteiger partial charge in [0.2, 0.25) is 0 Å². The predicted octanol–water partition coefficient (Wildman–Crippen LogP) is 5.07. The first kappa shape index (κ1) is 23.0. The Morgan fingerprint density at radius 3 is 2.41 bits per heavy atom. The minimum absolute atomic E-state index is 0.0465. The van der Waals surface area contributed by atoms with E-state index in [1.54, 1.807) is 14.2 Å². The number of methoxy groups -OCH3 is 2. The van der Waals surface area contributed by atoms with Gasteiger partial charge in [0.1, 0.15) is 22.9 Å². The standard InChI is InChI=1S/C28H30FNO4/c1-31-26-11-7-6-10-24(26)27(32-2)18-28(20-33-19-27)30(16-21-8-4-3-5-9-21)25(17-34-28)22-12-14-23(29)15-13-22/h3-15,25H,16-20H2,1-2H3/t25-,27+,28?/m1/s1. The van der Waals surface area contributed by atoms with E-state index < -0.39 is 11.3 Å². The van der Waals surface area contributed by atoms with E-state index in [9.17, 15) is 4.39 Å². The van der Waals surface area contributed by atoms with Crippen molar-refractivity contribution in [1.82, 2.24) is 4.90 Å². The zero-order chi connectivity index (χ0) is 23.6. The number of hydrogen-bond donors (Lipinski definition) is 0. The lowest BCUT2D eigenvalue weighted by atomic mass is 9.82. The Morgan fingerprint density at radius 2 is 1.68 bits per heavy atom. The van der Waals surface area contributed by atoms with Crippen molar-refractivity contribution in [3.63, 3.8) is 0 Å². The Hall–Kier alpha value is -2.77. The molecule has 1 spiro atoms. The van der Waals surface area contributed by atoms with Crippen LogP contribution < -0.4 is 4.74 Å². The first-order valence-corrected chi connectivity index (χ1v) is 11.6. The number of nitrogens with zero attached hydrogens (tertiary/aromatic N) is 1. The lowest BCUT2D eigenvalue weighted by Gasteiger charge is -2.49. The highest BCUT2D eigenvalue weighted by Crippen LogP contribution is 2.50. The first-order chi connectivity index (χ1) is 16.6. The maximum atomic E-state index is 13.7. The Labute approximate surface area is 200 Å². The fourth-order valence-electron chi connectivity index (χ4n) is 5.32. The summed E-state index contributed by atoms with van der Waals surface area (Å²) in [4.78, 5) is 2.35. The summed E-state index contributed by atoms with van der Waals surface area (Å²) in [5.74, 6) is 0.509. The van der Waals surface area contributed by atoms with Gasteiger partial charge in [-0.2, -0.15) is 0 Å². The molecule has 3 aromatic rings. The van der Waals surface area contributed by atoms with Crippen molar-refractivity contribution < 1.29 is 23.3 Å². The van der Waals surface area contributed by atoms with Crippen LogP contribution in [0.15, 0.2) is 78.9 Å². The molecule has 0 amide bonds. The summed E-state index contributed by atoms with van der Waals surface area (Å²) in [5, 5.41) is 0. The molecule has 2 aliphatic rings. The first-order valence-electron chi connectivity index (χ1n) is 11.6. The van der Waals surface area contributed by atoms with Crippen molar-refractivity contribution in [3.05, 3.63) is 101 Å². The maximum Gasteiger partial charge on any atom is 0.149 e. The van der Waals surface area contributed by atoms with Gasteiger partial charge in [0.15, 0.2) is 0 Å². The van der Waals surface area contributed by atoms with Gasteiger partial charge in [0.25, 0.3) is 0 Å². The van der Waals surface area contributed by atoms with Crippen LogP contribution in [-0.4, -0.2) is 44.7 Å². The van der Waals surface area contributed by atoms with Gasteiger partial charge in [0.05, 0.1) is 33.0 Å². The summed E-state index contributed by atoms with van der Waals surface area (Å²) in [5.41, 5.74) is 1.67. The van der Waals surface area contributed by atoms with Crippen molar-refractivity contribution in [2.45, 2.75) is 30.3 Å². The summed E-state index contributed by atoms with van der Waals surface area (Å²) in [6, 6.07) is 24.9. The van der Waals surface area contributed by atoms with E-state index in [4.69, 9.17) is 18.9 Å².